The molecule has 0 radical (unpaired) electrons. The lowest BCUT2D eigenvalue weighted by molar-refractivity contribution is 0.143. The van der Waals surface area contributed by atoms with Crippen molar-refractivity contribution in [2.45, 2.75) is 33.2 Å². The average molecular weight is 274 g/mol. The molecular formula is C17H26N2O. The fraction of sp³-hybridized carbons (Fsp3) is 0.529. The van der Waals surface area contributed by atoms with E-state index in [2.05, 4.69) is 47.3 Å². The van der Waals surface area contributed by atoms with Crippen LogP contribution < -0.4 is 5.32 Å². The Morgan fingerprint density at radius 3 is 2.90 bits per heavy atom. The zero-order valence-corrected chi connectivity index (χ0v) is 12.7. The molecule has 110 valence electrons. The van der Waals surface area contributed by atoms with Crippen LogP contribution in [0.5, 0.6) is 0 Å². The van der Waals surface area contributed by atoms with Crippen molar-refractivity contribution in [1.82, 2.24) is 9.88 Å². The van der Waals surface area contributed by atoms with Crippen LogP contribution in [0.2, 0.25) is 0 Å². The Morgan fingerprint density at radius 2 is 2.05 bits per heavy atom. The average Bonchev–Trinajstić information content (AvgIpc) is 2.87. The number of nitrogens with zero attached hydrogens (tertiary/aromatic N) is 1. The zero-order chi connectivity index (χ0) is 14.2. The maximum atomic E-state index is 5.33. The number of hydrogen-bond donors (Lipinski definition) is 1. The van der Waals surface area contributed by atoms with Crippen molar-refractivity contribution in [3.05, 3.63) is 36.0 Å². The summed E-state index contributed by atoms with van der Waals surface area (Å²) in [6.45, 7) is 9.05. The molecule has 0 saturated heterocycles. The summed E-state index contributed by atoms with van der Waals surface area (Å²) in [5.74, 6) is 0. The summed E-state index contributed by atoms with van der Waals surface area (Å²) in [6.07, 6.45) is 4.52. The third kappa shape index (κ3) is 4.09. The lowest BCUT2D eigenvalue weighted by Crippen LogP contribution is -2.21. The van der Waals surface area contributed by atoms with E-state index in [-0.39, 0.29) is 0 Å². The molecule has 0 spiro atoms. The van der Waals surface area contributed by atoms with Crippen LogP contribution in [0.4, 0.5) is 0 Å². The minimum Gasteiger partial charge on any atom is -0.382 e. The van der Waals surface area contributed by atoms with Crippen molar-refractivity contribution in [3.63, 3.8) is 0 Å². The Hall–Kier alpha value is -1.32. The number of aromatic nitrogens is 1. The van der Waals surface area contributed by atoms with Crippen LogP contribution in [0.25, 0.3) is 10.9 Å². The number of nitrogens with one attached hydrogen (secondary N) is 1. The van der Waals surface area contributed by atoms with Crippen LogP contribution in [0, 0.1) is 6.92 Å². The largest absolute Gasteiger partial charge is 0.382 e. The normalized spacial score (nSPS) is 11.3. The van der Waals surface area contributed by atoms with Gasteiger partial charge in [0.05, 0.1) is 0 Å². The number of ether oxygens (including phenoxy) is 1. The monoisotopic (exact) mass is 274 g/mol. The van der Waals surface area contributed by atoms with Gasteiger partial charge in [-0.15, -0.1) is 0 Å². The third-order valence-corrected chi connectivity index (χ3v) is 3.66. The van der Waals surface area contributed by atoms with Crippen molar-refractivity contribution >= 4 is 10.9 Å². The summed E-state index contributed by atoms with van der Waals surface area (Å²) in [5, 5.41) is 4.87. The van der Waals surface area contributed by atoms with Crippen LogP contribution in [-0.4, -0.2) is 30.9 Å². The summed E-state index contributed by atoms with van der Waals surface area (Å²) < 4.78 is 7.66. The molecule has 1 heterocycles. The second-order valence-electron chi connectivity index (χ2n) is 5.17. The maximum absolute atomic E-state index is 5.33. The maximum Gasteiger partial charge on any atom is 0.0483 e. The Bertz CT molecular complexity index is 519. The number of benzene rings is 1. The Kier molecular flexibility index (Phi) is 6.09. The first-order chi connectivity index (χ1) is 9.83. The highest BCUT2D eigenvalue weighted by Gasteiger charge is 2.01. The smallest absolute Gasteiger partial charge is 0.0483 e. The van der Waals surface area contributed by atoms with Crippen LogP contribution in [-0.2, 0) is 11.3 Å². The summed E-state index contributed by atoms with van der Waals surface area (Å²) in [5.41, 5.74) is 2.69. The predicted molar refractivity (Wildman–Crippen MR) is 85.3 cm³/mol. The molecule has 20 heavy (non-hydrogen) atoms. The molecule has 2 aromatic rings. The van der Waals surface area contributed by atoms with Gasteiger partial charge in [-0.3, -0.25) is 0 Å². The fourth-order valence-electron chi connectivity index (χ4n) is 2.50. The number of rotatable bonds is 9. The molecule has 1 aromatic heterocycles. The van der Waals surface area contributed by atoms with E-state index in [1.165, 1.54) is 22.9 Å². The minimum absolute atomic E-state index is 0.827. The molecule has 2 rings (SSSR count). The van der Waals surface area contributed by atoms with E-state index in [0.29, 0.717) is 0 Å². The van der Waals surface area contributed by atoms with Gasteiger partial charge >= 0.3 is 0 Å². The van der Waals surface area contributed by atoms with E-state index in [1.807, 2.05) is 6.92 Å². The molecule has 1 aromatic carbocycles. The molecule has 0 amide bonds. The van der Waals surface area contributed by atoms with E-state index in [0.717, 1.165) is 39.3 Å². The molecule has 0 aliphatic rings. The SMILES string of the molecule is CCOCCCCNCCn1ccc2c(C)cccc21. The van der Waals surface area contributed by atoms with Crippen LogP contribution in [0.15, 0.2) is 30.5 Å². The van der Waals surface area contributed by atoms with Gasteiger partial charge in [0.1, 0.15) is 0 Å². The van der Waals surface area contributed by atoms with E-state index >= 15 is 0 Å². The predicted octanol–water partition coefficient (Wildman–Crippen LogP) is 3.36. The van der Waals surface area contributed by atoms with Crippen LogP contribution in [0.1, 0.15) is 25.3 Å². The van der Waals surface area contributed by atoms with Gasteiger partial charge in [-0.05, 0) is 50.9 Å². The van der Waals surface area contributed by atoms with Gasteiger partial charge in [-0.2, -0.15) is 0 Å². The number of hydrogen-bond acceptors (Lipinski definition) is 2. The van der Waals surface area contributed by atoms with E-state index in [9.17, 15) is 0 Å². The quantitative estimate of drug-likeness (QED) is 0.710. The van der Waals surface area contributed by atoms with Crippen molar-refractivity contribution in [2.75, 3.05) is 26.3 Å². The van der Waals surface area contributed by atoms with E-state index < -0.39 is 0 Å². The van der Waals surface area contributed by atoms with Gasteiger partial charge in [-0.25, -0.2) is 0 Å². The van der Waals surface area contributed by atoms with Gasteiger partial charge in [0.2, 0.25) is 0 Å². The van der Waals surface area contributed by atoms with Gasteiger partial charge in [0, 0.05) is 43.4 Å². The number of fused-ring (bicyclic) bond motifs is 1. The van der Waals surface area contributed by atoms with Crippen molar-refractivity contribution in [2.24, 2.45) is 0 Å². The molecule has 0 unspecified atom stereocenters. The molecule has 0 aliphatic carbocycles. The molecule has 0 atom stereocenters. The van der Waals surface area contributed by atoms with Gasteiger partial charge in [-0.1, -0.05) is 12.1 Å². The van der Waals surface area contributed by atoms with Crippen LogP contribution in [0.3, 0.4) is 0 Å². The highest BCUT2D eigenvalue weighted by molar-refractivity contribution is 5.83. The number of aryl methyl sites for hydroxylation is 1. The zero-order valence-electron chi connectivity index (χ0n) is 12.7. The lowest BCUT2D eigenvalue weighted by atomic mass is 10.1. The summed E-state index contributed by atoms with van der Waals surface area (Å²) in [4.78, 5) is 0. The van der Waals surface area contributed by atoms with Crippen molar-refractivity contribution < 1.29 is 4.74 Å². The standard InChI is InChI=1S/C17H26N2O/c1-3-20-14-5-4-10-18-11-13-19-12-9-16-15(2)7-6-8-17(16)19/h6-9,12,18H,3-5,10-11,13-14H2,1-2H3. The summed E-state index contributed by atoms with van der Waals surface area (Å²) >= 11 is 0. The summed E-state index contributed by atoms with van der Waals surface area (Å²) in [7, 11) is 0. The van der Waals surface area contributed by atoms with Gasteiger partial charge < -0.3 is 14.6 Å². The molecular weight excluding hydrogens is 248 g/mol. The second-order valence-corrected chi connectivity index (χ2v) is 5.17. The molecule has 0 saturated carbocycles. The molecule has 3 nitrogen and oxygen atoms in total. The molecule has 1 N–H and O–H groups in total. The molecule has 0 bridgehead atoms. The minimum atomic E-state index is 0.827. The second kappa shape index (κ2) is 8.08. The van der Waals surface area contributed by atoms with E-state index in [4.69, 9.17) is 4.74 Å². The number of unbranched alkanes of at least 4 members (excludes halogenated alkanes) is 1. The van der Waals surface area contributed by atoms with Crippen LogP contribution >= 0.6 is 0 Å². The molecule has 0 aliphatic heterocycles. The molecule has 0 fully saturated rings. The van der Waals surface area contributed by atoms with E-state index in [1.54, 1.807) is 0 Å². The molecule has 3 heteroatoms. The van der Waals surface area contributed by atoms with Gasteiger partial charge in [0.15, 0.2) is 0 Å². The Labute approximate surface area is 121 Å². The topological polar surface area (TPSA) is 26.2 Å². The summed E-state index contributed by atoms with van der Waals surface area (Å²) in [6, 6.07) is 8.72. The highest BCUT2D eigenvalue weighted by Crippen LogP contribution is 2.19. The van der Waals surface area contributed by atoms with Crippen molar-refractivity contribution in [1.29, 1.82) is 0 Å². The third-order valence-electron chi connectivity index (χ3n) is 3.66. The Balaban J connectivity index is 1.70. The van der Waals surface area contributed by atoms with Gasteiger partial charge in [0.25, 0.3) is 0 Å². The fourth-order valence-corrected chi connectivity index (χ4v) is 2.50. The first-order valence-corrected chi connectivity index (χ1v) is 7.66. The highest BCUT2D eigenvalue weighted by atomic mass is 16.5. The Morgan fingerprint density at radius 1 is 1.15 bits per heavy atom. The first-order valence-electron chi connectivity index (χ1n) is 7.66. The lowest BCUT2D eigenvalue weighted by Gasteiger charge is -2.08. The van der Waals surface area contributed by atoms with Crippen molar-refractivity contribution in [3.8, 4) is 0 Å². The first kappa shape index (κ1) is 15.1.